The van der Waals surface area contributed by atoms with Gasteiger partial charge in [-0.1, -0.05) is 0 Å². The minimum Gasteiger partial charge on any atom is -0.497 e. The first-order valence-electron chi connectivity index (χ1n) is 5.36. The molecule has 17 heavy (non-hydrogen) atoms. The Morgan fingerprint density at radius 2 is 1.94 bits per heavy atom. The Labute approximate surface area is 101 Å². The van der Waals surface area contributed by atoms with Crippen LogP contribution >= 0.6 is 0 Å². The first-order valence-corrected chi connectivity index (χ1v) is 5.36. The summed E-state index contributed by atoms with van der Waals surface area (Å²) in [7, 11) is 3.12. The number of hydrogen-bond donors (Lipinski definition) is 2. The van der Waals surface area contributed by atoms with Gasteiger partial charge in [0.05, 0.1) is 19.9 Å². The Hall–Kier alpha value is -1.91. The van der Waals surface area contributed by atoms with Crippen molar-refractivity contribution in [3.05, 3.63) is 18.2 Å². The topological polar surface area (TPSA) is 59.6 Å². The van der Waals surface area contributed by atoms with Gasteiger partial charge < -0.3 is 20.1 Å². The van der Waals surface area contributed by atoms with Crippen molar-refractivity contribution < 1.29 is 14.3 Å². The Morgan fingerprint density at radius 1 is 1.24 bits per heavy atom. The summed E-state index contributed by atoms with van der Waals surface area (Å²) in [6, 6.07) is 5.02. The number of rotatable bonds is 4. The van der Waals surface area contributed by atoms with Crippen LogP contribution in [0.15, 0.2) is 18.2 Å². The van der Waals surface area contributed by atoms with Gasteiger partial charge in [0.25, 0.3) is 0 Å². The Balaban J connectivity index is 2.83. The summed E-state index contributed by atoms with van der Waals surface area (Å²) in [4.78, 5) is 11.6. The molecule has 1 rings (SSSR count). The smallest absolute Gasteiger partial charge is 0.319 e. The molecule has 0 aliphatic carbocycles. The van der Waals surface area contributed by atoms with E-state index in [0.717, 1.165) is 0 Å². The second kappa shape index (κ2) is 5.98. The number of urea groups is 1. The van der Waals surface area contributed by atoms with Crippen LogP contribution in [0.3, 0.4) is 0 Å². The second-order valence-corrected chi connectivity index (χ2v) is 3.82. The van der Waals surface area contributed by atoms with E-state index in [-0.39, 0.29) is 12.1 Å². The average molecular weight is 238 g/mol. The number of ether oxygens (including phenoxy) is 2. The van der Waals surface area contributed by atoms with E-state index in [0.29, 0.717) is 17.2 Å². The molecule has 0 unspecified atom stereocenters. The Kier molecular flexibility index (Phi) is 4.63. The van der Waals surface area contributed by atoms with Gasteiger partial charge in [-0.3, -0.25) is 0 Å². The van der Waals surface area contributed by atoms with E-state index in [1.807, 2.05) is 13.8 Å². The van der Waals surface area contributed by atoms with E-state index in [1.165, 1.54) is 0 Å². The molecule has 0 radical (unpaired) electrons. The lowest BCUT2D eigenvalue weighted by atomic mass is 10.2. The van der Waals surface area contributed by atoms with E-state index >= 15 is 0 Å². The number of carbonyl (C=O) groups is 1. The van der Waals surface area contributed by atoms with E-state index in [4.69, 9.17) is 9.47 Å². The van der Waals surface area contributed by atoms with Crippen molar-refractivity contribution in [2.45, 2.75) is 19.9 Å². The van der Waals surface area contributed by atoms with Crippen LogP contribution in [0, 0.1) is 0 Å². The molecule has 0 spiro atoms. The minimum absolute atomic E-state index is 0.0756. The van der Waals surface area contributed by atoms with Gasteiger partial charge in [0.15, 0.2) is 0 Å². The molecule has 0 saturated heterocycles. The zero-order valence-corrected chi connectivity index (χ0v) is 10.5. The van der Waals surface area contributed by atoms with Crippen molar-refractivity contribution in [1.29, 1.82) is 0 Å². The molecule has 2 N–H and O–H groups in total. The normalized spacial score (nSPS) is 9.94. The highest BCUT2D eigenvalue weighted by Crippen LogP contribution is 2.28. The first-order chi connectivity index (χ1) is 8.06. The predicted molar refractivity (Wildman–Crippen MR) is 66.8 cm³/mol. The van der Waals surface area contributed by atoms with Gasteiger partial charge in [0.2, 0.25) is 0 Å². The third-order valence-corrected chi connectivity index (χ3v) is 2.07. The van der Waals surface area contributed by atoms with Crippen LogP contribution < -0.4 is 20.1 Å². The summed E-state index contributed by atoms with van der Waals surface area (Å²) < 4.78 is 10.2. The molecule has 0 fully saturated rings. The first kappa shape index (κ1) is 13.2. The van der Waals surface area contributed by atoms with Crippen molar-refractivity contribution in [2.75, 3.05) is 19.5 Å². The highest BCUT2D eigenvalue weighted by molar-refractivity contribution is 5.91. The molecule has 2 amide bonds. The van der Waals surface area contributed by atoms with E-state index in [9.17, 15) is 4.79 Å². The van der Waals surface area contributed by atoms with Crippen molar-refractivity contribution >= 4 is 11.7 Å². The maximum absolute atomic E-state index is 11.6. The lowest BCUT2D eigenvalue weighted by Gasteiger charge is -2.13. The second-order valence-electron chi connectivity index (χ2n) is 3.82. The van der Waals surface area contributed by atoms with Crippen LogP contribution in [0.2, 0.25) is 0 Å². The van der Waals surface area contributed by atoms with Crippen molar-refractivity contribution in [1.82, 2.24) is 5.32 Å². The SMILES string of the molecule is COc1ccc(OC)c(NC(=O)NC(C)C)c1. The molecular weight excluding hydrogens is 220 g/mol. The standard InChI is InChI=1S/C12H18N2O3/c1-8(2)13-12(15)14-10-7-9(16-3)5-6-11(10)17-4/h5-8H,1-4H3,(H2,13,14,15). The van der Waals surface area contributed by atoms with Gasteiger partial charge in [-0.25, -0.2) is 4.79 Å². The summed E-state index contributed by atoms with van der Waals surface area (Å²) in [6.45, 7) is 3.78. The van der Waals surface area contributed by atoms with E-state index in [1.54, 1.807) is 32.4 Å². The predicted octanol–water partition coefficient (Wildman–Crippen LogP) is 2.23. The third kappa shape index (κ3) is 3.86. The molecule has 0 bridgehead atoms. The zero-order chi connectivity index (χ0) is 12.8. The average Bonchev–Trinajstić information content (AvgIpc) is 2.27. The van der Waals surface area contributed by atoms with Crippen LogP contribution in [-0.2, 0) is 0 Å². The summed E-state index contributed by atoms with van der Waals surface area (Å²) in [5.41, 5.74) is 0.574. The fourth-order valence-corrected chi connectivity index (χ4v) is 1.33. The Morgan fingerprint density at radius 3 is 2.47 bits per heavy atom. The number of amides is 2. The molecule has 5 nitrogen and oxygen atoms in total. The third-order valence-electron chi connectivity index (χ3n) is 2.07. The van der Waals surface area contributed by atoms with Crippen LogP contribution in [0.1, 0.15) is 13.8 Å². The fourth-order valence-electron chi connectivity index (χ4n) is 1.33. The molecule has 1 aromatic rings. The number of benzene rings is 1. The van der Waals surface area contributed by atoms with Crippen LogP contribution in [0.4, 0.5) is 10.5 Å². The maximum Gasteiger partial charge on any atom is 0.319 e. The highest BCUT2D eigenvalue weighted by Gasteiger charge is 2.09. The van der Waals surface area contributed by atoms with E-state index in [2.05, 4.69) is 10.6 Å². The van der Waals surface area contributed by atoms with Crippen molar-refractivity contribution in [3.8, 4) is 11.5 Å². The fraction of sp³-hybridized carbons (Fsp3) is 0.417. The van der Waals surface area contributed by atoms with Crippen molar-refractivity contribution in [3.63, 3.8) is 0 Å². The number of nitrogens with one attached hydrogen (secondary N) is 2. The summed E-state index contributed by atoms with van der Waals surface area (Å²) in [5.74, 6) is 1.25. The molecule has 94 valence electrons. The van der Waals surface area contributed by atoms with Gasteiger partial charge in [-0.2, -0.15) is 0 Å². The number of carbonyl (C=O) groups excluding carboxylic acids is 1. The maximum atomic E-state index is 11.6. The minimum atomic E-state index is -0.272. The molecule has 0 saturated carbocycles. The van der Waals surface area contributed by atoms with Gasteiger partial charge in [-0.15, -0.1) is 0 Å². The van der Waals surface area contributed by atoms with Crippen LogP contribution in [0.25, 0.3) is 0 Å². The van der Waals surface area contributed by atoms with Crippen LogP contribution in [-0.4, -0.2) is 26.3 Å². The summed E-state index contributed by atoms with van der Waals surface area (Å²) >= 11 is 0. The van der Waals surface area contributed by atoms with Gasteiger partial charge in [0.1, 0.15) is 11.5 Å². The van der Waals surface area contributed by atoms with Crippen LogP contribution in [0.5, 0.6) is 11.5 Å². The summed E-state index contributed by atoms with van der Waals surface area (Å²) in [5, 5.41) is 5.45. The number of anilines is 1. The molecule has 0 heterocycles. The van der Waals surface area contributed by atoms with Gasteiger partial charge in [-0.05, 0) is 26.0 Å². The molecule has 0 aromatic heterocycles. The quantitative estimate of drug-likeness (QED) is 0.845. The number of methoxy groups -OCH3 is 2. The molecule has 0 atom stereocenters. The number of hydrogen-bond acceptors (Lipinski definition) is 3. The molecular formula is C12H18N2O3. The summed E-state index contributed by atoms with van der Waals surface area (Å²) in [6.07, 6.45) is 0. The highest BCUT2D eigenvalue weighted by atomic mass is 16.5. The van der Waals surface area contributed by atoms with E-state index < -0.39 is 0 Å². The lowest BCUT2D eigenvalue weighted by molar-refractivity contribution is 0.250. The Bertz CT molecular complexity index is 391. The molecule has 5 heteroatoms. The lowest BCUT2D eigenvalue weighted by Crippen LogP contribution is -2.34. The zero-order valence-electron chi connectivity index (χ0n) is 10.5. The van der Waals surface area contributed by atoms with Gasteiger partial charge in [0, 0.05) is 12.1 Å². The monoisotopic (exact) mass is 238 g/mol. The van der Waals surface area contributed by atoms with Crippen molar-refractivity contribution in [2.24, 2.45) is 0 Å². The molecule has 1 aromatic carbocycles. The van der Waals surface area contributed by atoms with Gasteiger partial charge >= 0.3 is 6.03 Å². The molecule has 0 aliphatic heterocycles. The largest absolute Gasteiger partial charge is 0.497 e. The molecule has 0 aliphatic rings.